The largest absolute Gasteiger partial charge is 0.255 e. The Morgan fingerprint density at radius 1 is 0.958 bits per heavy atom. The predicted molar refractivity (Wildman–Crippen MR) is 101 cm³/mol. The van der Waals surface area contributed by atoms with Crippen molar-refractivity contribution in [2.45, 2.75) is 0 Å². The number of nitrogens with zero attached hydrogens (tertiary/aromatic N) is 3. The van der Waals surface area contributed by atoms with Gasteiger partial charge in [0.1, 0.15) is 0 Å². The molecule has 0 aliphatic heterocycles. The first kappa shape index (κ1) is 14.5. The zero-order valence-corrected chi connectivity index (χ0v) is 13.6. The van der Waals surface area contributed by atoms with Crippen molar-refractivity contribution < 1.29 is 0 Å². The van der Waals surface area contributed by atoms with Crippen LogP contribution < -0.4 is 5.43 Å². The third-order valence-electron chi connectivity index (χ3n) is 3.59. The van der Waals surface area contributed by atoms with Crippen molar-refractivity contribution in [2.75, 3.05) is 5.43 Å². The highest BCUT2D eigenvalue weighted by atomic mass is 32.1. The Labute approximate surface area is 143 Å². The number of benzene rings is 2. The van der Waals surface area contributed by atoms with Gasteiger partial charge in [0.05, 0.1) is 17.6 Å². The molecule has 0 spiro atoms. The molecule has 4 nitrogen and oxygen atoms in total. The van der Waals surface area contributed by atoms with Gasteiger partial charge in [0.15, 0.2) is 0 Å². The summed E-state index contributed by atoms with van der Waals surface area (Å²) in [6.07, 6.45) is 3.42. The molecule has 0 radical (unpaired) electrons. The normalized spacial score (nSPS) is 11.2. The third kappa shape index (κ3) is 3.16. The van der Waals surface area contributed by atoms with Crippen molar-refractivity contribution in [1.29, 1.82) is 0 Å². The molecule has 1 N–H and O–H groups in total. The maximum atomic E-state index is 4.59. The lowest BCUT2D eigenvalue weighted by Crippen LogP contribution is -1.91. The number of nitrogens with one attached hydrogen (secondary N) is 1. The van der Waals surface area contributed by atoms with Gasteiger partial charge in [0, 0.05) is 17.1 Å². The summed E-state index contributed by atoms with van der Waals surface area (Å²) in [7, 11) is 0. The molecule has 0 aliphatic carbocycles. The monoisotopic (exact) mass is 330 g/mol. The van der Waals surface area contributed by atoms with Crippen LogP contribution in [-0.4, -0.2) is 16.2 Å². The Kier molecular flexibility index (Phi) is 4.00. The van der Waals surface area contributed by atoms with Crippen LogP contribution in [0.3, 0.4) is 0 Å². The second-order valence-electron chi connectivity index (χ2n) is 5.22. The summed E-state index contributed by atoms with van der Waals surface area (Å²) < 4.78 is 0. The quantitative estimate of drug-likeness (QED) is 0.432. The first-order valence-corrected chi connectivity index (χ1v) is 8.41. The molecule has 2 aromatic heterocycles. The van der Waals surface area contributed by atoms with Gasteiger partial charge in [0.2, 0.25) is 5.13 Å². The molecule has 0 amide bonds. The number of hydrogen-bond acceptors (Lipinski definition) is 5. The number of fused-ring (bicyclic) bond motifs is 1. The van der Waals surface area contributed by atoms with Crippen LogP contribution in [0.5, 0.6) is 0 Å². The molecule has 0 fully saturated rings. The number of hydrogen-bond donors (Lipinski definition) is 1. The summed E-state index contributed by atoms with van der Waals surface area (Å²) >= 11 is 1.53. The highest BCUT2D eigenvalue weighted by Crippen LogP contribution is 2.27. The van der Waals surface area contributed by atoms with Gasteiger partial charge in [-0.15, -0.1) is 11.3 Å². The molecular formula is C19H14N4S. The van der Waals surface area contributed by atoms with Crippen LogP contribution in [0.15, 0.2) is 77.3 Å². The van der Waals surface area contributed by atoms with E-state index in [0.717, 1.165) is 22.1 Å². The zero-order valence-electron chi connectivity index (χ0n) is 12.8. The van der Waals surface area contributed by atoms with Crippen molar-refractivity contribution >= 4 is 33.5 Å². The molecule has 0 unspecified atom stereocenters. The molecule has 0 bridgehead atoms. The van der Waals surface area contributed by atoms with E-state index in [4.69, 9.17) is 0 Å². The average Bonchev–Trinajstić information content (AvgIpc) is 3.11. The smallest absolute Gasteiger partial charge is 0.203 e. The van der Waals surface area contributed by atoms with E-state index in [9.17, 15) is 0 Å². The molecule has 2 aromatic carbocycles. The van der Waals surface area contributed by atoms with E-state index >= 15 is 0 Å². The van der Waals surface area contributed by atoms with Crippen LogP contribution >= 0.6 is 11.3 Å². The van der Waals surface area contributed by atoms with E-state index in [0.29, 0.717) is 0 Å². The molecule has 2 heterocycles. The van der Waals surface area contributed by atoms with Crippen molar-refractivity contribution in [3.63, 3.8) is 0 Å². The lowest BCUT2D eigenvalue weighted by Gasteiger charge is -2.00. The minimum Gasteiger partial charge on any atom is -0.255 e. The fourth-order valence-electron chi connectivity index (χ4n) is 2.41. The van der Waals surface area contributed by atoms with E-state index in [-0.39, 0.29) is 0 Å². The summed E-state index contributed by atoms with van der Waals surface area (Å²) in [4.78, 5) is 8.78. The minimum absolute atomic E-state index is 0.755. The first-order chi connectivity index (χ1) is 11.9. The number of anilines is 1. The molecule has 0 aliphatic rings. The molecule has 116 valence electrons. The third-order valence-corrected chi connectivity index (χ3v) is 4.34. The molecule has 24 heavy (non-hydrogen) atoms. The number of pyridine rings is 1. The minimum atomic E-state index is 0.755. The van der Waals surface area contributed by atoms with Gasteiger partial charge in [-0.05, 0) is 29.0 Å². The second kappa shape index (κ2) is 6.60. The predicted octanol–water partition coefficient (Wildman–Crippen LogP) is 4.80. The van der Waals surface area contributed by atoms with Crippen LogP contribution in [0.4, 0.5) is 5.13 Å². The van der Waals surface area contributed by atoms with Crippen LogP contribution in [-0.2, 0) is 0 Å². The lowest BCUT2D eigenvalue weighted by molar-refractivity contribution is 1.26. The van der Waals surface area contributed by atoms with Crippen LogP contribution in [0, 0.1) is 0 Å². The summed E-state index contributed by atoms with van der Waals surface area (Å²) in [6.45, 7) is 0. The molecule has 5 heteroatoms. The number of thiazole rings is 1. The van der Waals surface area contributed by atoms with Gasteiger partial charge < -0.3 is 0 Å². The molecule has 0 saturated heterocycles. The standard InChI is InChI=1S/C19H14N4S/c1-2-6-15-11-16(9-8-14(15)5-1)18-13-24-19(22-18)23-21-12-17-7-3-4-10-20-17/h1-13H,(H,22,23)/b21-12+. The summed E-state index contributed by atoms with van der Waals surface area (Å²) in [5.74, 6) is 0. The van der Waals surface area contributed by atoms with E-state index in [1.807, 2.05) is 35.7 Å². The summed E-state index contributed by atoms with van der Waals surface area (Å²) in [6, 6.07) is 20.4. The highest BCUT2D eigenvalue weighted by molar-refractivity contribution is 7.14. The Balaban J connectivity index is 1.52. The topological polar surface area (TPSA) is 50.2 Å². The average molecular weight is 330 g/mol. The van der Waals surface area contributed by atoms with Crippen LogP contribution in [0.25, 0.3) is 22.0 Å². The van der Waals surface area contributed by atoms with E-state index in [1.54, 1.807) is 12.4 Å². The van der Waals surface area contributed by atoms with Gasteiger partial charge in [-0.1, -0.05) is 42.5 Å². The van der Waals surface area contributed by atoms with E-state index < -0.39 is 0 Å². The van der Waals surface area contributed by atoms with Crippen LogP contribution in [0.2, 0.25) is 0 Å². The van der Waals surface area contributed by atoms with Crippen molar-refractivity contribution in [3.8, 4) is 11.3 Å². The Hall–Kier alpha value is -3.05. The van der Waals surface area contributed by atoms with Crippen molar-refractivity contribution in [3.05, 3.63) is 77.9 Å². The van der Waals surface area contributed by atoms with E-state index in [1.165, 1.54) is 22.1 Å². The maximum Gasteiger partial charge on any atom is 0.203 e. The Morgan fingerprint density at radius 2 is 1.83 bits per heavy atom. The zero-order chi connectivity index (χ0) is 16.2. The van der Waals surface area contributed by atoms with Gasteiger partial charge in [-0.3, -0.25) is 10.4 Å². The number of rotatable bonds is 4. The molecule has 0 atom stereocenters. The SMILES string of the molecule is C(=N\Nc1nc(-c2ccc3ccccc3c2)cs1)/c1ccccn1. The fourth-order valence-corrected chi connectivity index (χ4v) is 3.08. The van der Waals surface area contributed by atoms with Gasteiger partial charge in [-0.25, -0.2) is 4.98 Å². The first-order valence-electron chi connectivity index (χ1n) is 7.53. The van der Waals surface area contributed by atoms with Gasteiger partial charge >= 0.3 is 0 Å². The lowest BCUT2D eigenvalue weighted by atomic mass is 10.1. The highest BCUT2D eigenvalue weighted by Gasteiger charge is 2.05. The summed E-state index contributed by atoms with van der Waals surface area (Å²) in [5, 5.41) is 9.41. The van der Waals surface area contributed by atoms with E-state index in [2.05, 4.69) is 50.8 Å². The van der Waals surface area contributed by atoms with Gasteiger partial charge in [0.25, 0.3) is 0 Å². The summed E-state index contributed by atoms with van der Waals surface area (Å²) in [5.41, 5.74) is 5.81. The Bertz CT molecular complexity index is 992. The maximum absolute atomic E-state index is 4.59. The van der Waals surface area contributed by atoms with Gasteiger partial charge in [-0.2, -0.15) is 5.10 Å². The number of aromatic nitrogens is 2. The van der Waals surface area contributed by atoms with Crippen LogP contribution in [0.1, 0.15) is 5.69 Å². The van der Waals surface area contributed by atoms with Crippen molar-refractivity contribution in [1.82, 2.24) is 9.97 Å². The Morgan fingerprint density at radius 3 is 2.71 bits per heavy atom. The molecule has 4 aromatic rings. The molecule has 0 saturated carbocycles. The van der Waals surface area contributed by atoms with Crippen molar-refractivity contribution in [2.24, 2.45) is 5.10 Å². The number of hydrazone groups is 1. The second-order valence-corrected chi connectivity index (χ2v) is 6.08. The molecule has 4 rings (SSSR count). The molecular weight excluding hydrogens is 316 g/mol. The fraction of sp³-hybridized carbons (Fsp3) is 0.